The molecule has 0 bridgehead atoms. The number of benzene rings is 1. The molecule has 1 fully saturated rings. The highest BCUT2D eigenvalue weighted by Gasteiger charge is 2.48. The van der Waals surface area contributed by atoms with E-state index in [0.717, 1.165) is 0 Å². The summed E-state index contributed by atoms with van der Waals surface area (Å²) in [4.78, 5) is 39.2. The van der Waals surface area contributed by atoms with Gasteiger partial charge in [-0.1, -0.05) is 29.3 Å². The summed E-state index contributed by atoms with van der Waals surface area (Å²) in [6, 6.07) is 7.72. The van der Waals surface area contributed by atoms with Crippen LogP contribution < -0.4 is 10.6 Å². The van der Waals surface area contributed by atoms with Crippen molar-refractivity contribution in [1.82, 2.24) is 4.98 Å². The van der Waals surface area contributed by atoms with E-state index < -0.39 is 29.6 Å². The average molecular weight is 394 g/mol. The van der Waals surface area contributed by atoms with Crippen LogP contribution in [0.4, 0.5) is 11.5 Å². The van der Waals surface area contributed by atoms with E-state index in [9.17, 15) is 14.4 Å². The van der Waals surface area contributed by atoms with E-state index in [1.807, 2.05) is 0 Å². The molecule has 1 heterocycles. The smallest absolute Gasteiger partial charge is 0.307 e. The molecule has 3 N–H and O–H groups in total. The number of hydrogen-bond acceptors (Lipinski definition) is 4. The highest BCUT2D eigenvalue weighted by atomic mass is 35.5. The van der Waals surface area contributed by atoms with Gasteiger partial charge in [-0.05, 0) is 24.6 Å². The van der Waals surface area contributed by atoms with E-state index in [2.05, 4.69) is 15.6 Å². The lowest BCUT2D eigenvalue weighted by Gasteiger charge is -2.10. The maximum absolute atomic E-state index is 12.4. The van der Waals surface area contributed by atoms with Gasteiger partial charge in [0.15, 0.2) is 0 Å². The fourth-order valence-corrected chi connectivity index (χ4v) is 3.03. The summed E-state index contributed by atoms with van der Waals surface area (Å²) in [5.41, 5.74) is 0.516. The van der Waals surface area contributed by atoms with Crippen LogP contribution in [0.1, 0.15) is 16.8 Å². The van der Waals surface area contributed by atoms with Gasteiger partial charge in [-0.15, -0.1) is 0 Å². The molecule has 7 nitrogen and oxygen atoms in total. The molecule has 0 aliphatic heterocycles. The number of aliphatic carboxylic acids is 1. The Morgan fingerprint density at radius 1 is 1.08 bits per heavy atom. The molecule has 2 atom stereocenters. The van der Waals surface area contributed by atoms with Gasteiger partial charge in [0.2, 0.25) is 5.91 Å². The zero-order valence-corrected chi connectivity index (χ0v) is 14.7. The summed E-state index contributed by atoms with van der Waals surface area (Å²) in [6.07, 6.45) is 1.71. The monoisotopic (exact) mass is 393 g/mol. The van der Waals surface area contributed by atoms with Crippen molar-refractivity contribution in [2.75, 3.05) is 10.6 Å². The number of nitrogens with zero attached hydrogens (tertiary/aromatic N) is 1. The van der Waals surface area contributed by atoms with E-state index in [-0.39, 0.29) is 21.4 Å². The fraction of sp³-hybridized carbons (Fsp3) is 0.176. The number of nitrogens with one attached hydrogen (secondary N) is 2. The second-order valence-electron chi connectivity index (χ2n) is 5.76. The number of hydrogen-bond donors (Lipinski definition) is 3. The molecule has 3 rings (SSSR count). The van der Waals surface area contributed by atoms with Crippen molar-refractivity contribution in [2.45, 2.75) is 6.42 Å². The number of carboxylic acids is 1. The van der Waals surface area contributed by atoms with Gasteiger partial charge in [0, 0.05) is 18.0 Å². The molecule has 2 amide bonds. The first-order valence-corrected chi connectivity index (χ1v) is 8.37. The number of carbonyl (C=O) groups excluding carboxylic acids is 2. The van der Waals surface area contributed by atoms with E-state index in [1.54, 1.807) is 18.2 Å². The zero-order valence-electron chi connectivity index (χ0n) is 13.2. The molecule has 0 spiro atoms. The number of amides is 2. The summed E-state index contributed by atoms with van der Waals surface area (Å²) < 4.78 is 0. The molecule has 0 saturated heterocycles. The zero-order chi connectivity index (χ0) is 18.8. The van der Waals surface area contributed by atoms with Crippen LogP contribution in [-0.4, -0.2) is 27.9 Å². The first kappa shape index (κ1) is 18.2. The van der Waals surface area contributed by atoms with E-state index >= 15 is 0 Å². The third-order valence-electron chi connectivity index (χ3n) is 3.90. The molecular formula is C17H13Cl2N3O4. The van der Waals surface area contributed by atoms with Crippen molar-refractivity contribution in [1.29, 1.82) is 0 Å². The van der Waals surface area contributed by atoms with Crippen molar-refractivity contribution in [3.8, 4) is 0 Å². The number of carbonyl (C=O) groups is 3. The van der Waals surface area contributed by atoms with Crippen molar-refractivity contribution in [3.63, 3.8) is 0 Å². The minimum Gasteiger partial charge on any atom is -0.481 e. The van der Waals surface area contributed by atoms with Crippen LogP contribution in [0.15, 0.2) is 36.5 Å². The topological polar surface area (TPSA) is 108 Å². The molecule has 9 heteroatoms. The molecule has 1 aromatic carbocycles. The Morgan fingerprint density at radius 3 is 2.38 bits per heavy atom. The highest BCUT2D eigenvalue weighted by molar-refractivity contribution is 6.40. The van der Waals surface area contributed by atoms with Gasteiger partial charge >= 0.3 is 5.97 Å². The number of pyridine rings is 1. The largest absolute Gasteiger partial charge is 0.481 e. The maximum atomic E-state index is 12.4. The third kappa shape index (κ3) is 3.95. The summed E-state index contributed by atoms with van der Waals surface area (Å²) >= 11 is 12.0. The number of aromatic nitrogens is 1. The normalized spacial score (nSPS) is 18.1. The van der Waals surface area contributed by atoms with Crippen LogP contribution in [0.3, 0.4) is 0 Å². The Balaban J connectivity index is 1.69. The molecule has 134 valence electrons. The molecule has 1 aliphatic rings. The van der Waals surface area contributed by atoms with Crippen LogP contribution in [0.25, 0.3) is 0 Å². The summed E-state index contributed by atoms with van der Waals surface area (Å²) in [5, 5.41) is 14.5. The van der Waals surface area contributed by atoms with Crippen LogP contribution in [0, 0.1) is 11.8 Å². The average Bonchev–Trinajstić information content (AvgIpc) is 3.36. The third-order valence-corrected chi connectivity index (χ3v) is 4.53. The number of carboxylic acid groups (broad SMARTS) is 1. The Bertz CT molecular complexity index is 883. The van der Waals surface area contributed by atoms with Crippen molar-refractivity contribution < 1.29 is 19.5 Å². The molecule has 0 radical (unpaired) electrons. The molecule has 1 saturated carbocycles. The number of anilines is 2. The Morgan fingerprint density at radius 2 is 1.77 bits per heavy atom. The van der Waals surface area contributed by atoms with Crippen LogP contribution in [0.5, 0.6) is 0 Å². The van der Waals surface area contributed by atoms with Gasteiger partial charge in [-0.3, -0.25) is 14.4 Å². The van der Waals surface area contributed by atoms with E-state index in [0.29, 0.717) is 12.1 Å². The van der Waals surface area contributed by atoms with Crippen LogP contribution in [-0.2, 0) is 9.59 Å². The Hall–Kier alpha value is -2.64. The SMILES string of the molecule is O=C(Nc1ccnc(NC(=O)C2C[C@@H]2C(=O)O)c1)c1c(Cl)cccc1Cl. The molecule has 1 unspecified atom stereocenters. The first-order chi connectivity index (χ1) is 12.4. The lowest BCUT2D eigenvalue weighted by Crippen LogP contribution is -2.18. The van der Waals surface area contributed by atoms with Crippen LogP contribution in [0.2, 0.25) is 10.0 Å². The lowest BCUT2D eigenvalue weighted by molar-refractivity contribution is -0.139. The van der Waals surface area contributed by atoms with Crippen LogP contribution >= 0.6 is 23.2 Å². The second-order valence-corrected chi connectivity index (χ2v) is 6.57. The Kier molecular flexibility index (Phi) is 5.11. The minimum atomic E-state index is -0.990. The Labute approximate surface area is 158 Å². The lowest BCUT2D eigenvalue weighted by atomic mass is 10.2. The van der Waals surface area contributed by atoms with Gasteiger partial charge in [0.05, 0.1) is 27.4 Å². The van der Waals surface area contributed by atoms with Gasteiger partial charge < -0.3 is 15.7 Å². The molecule has 2 aromatic rings. The number of rotatable bonds is 5. The molecule has 1 aliphatic carbocycles. The fourth-order valence-electron chi connectivity index (χ4n) is 2.46. The standard InChI is InChI=1S/C17H13Cl2N3O4/c18-11-2-1-3-12(19)14(11)16(24)21-8-4-5-20-13(6-8)22-15(23)9-7-10(9)17(25)26/h1-6,9-10H,7H2,(H,25,26)(H2,20,21,22,23,24)/t9?,10-/m0/s1. The quantitative estimate of drug-likeness (QED) is 0.721. The van der Waals surface area contributed by atoms with E-state index in [4.69, 9.17) is 28.3 Å². The van der Waals surface area contributed by atoms with Crippen molar-refractivity contribution >= 4 is 52.5 Å². The van der Waals surface area contributed by atoms with Gasteiger partial charge in [0.1, 0.15) is 5.82 Å². The van der Waals surface area contributed by atoms with E-state index in [1.165, 1.54) is 18.3 Å². The predicted octanol–water partition coefficient (Wildman–Crippen LogP) is 3.30. The molecule has 1 aromatic heterocycles. The summed E-state index contributed by atoms with van der Waals surface area (Å²) in [5.74, 6) is -2.92. The van der Waals surface area contributed by atoms with Crippen molar-refractivity contribution in [3.05, 3.63) is 52.1 Å². The summed E-state index contributed by atoms with van der Waals surface area (Å²) in [7, 11) is 0. The van der Waals surface area contributed by atoms with Gasteiger partial charge in [-0.25, -0.2) is 4.98 Å². The minimum absolute atomic E-state index is 0.139. The van der Waals surface area contributed by atoms with Gasteiger partial charge in [-0.2, -0.15) is 0 Å². The number of halogens is 2. The van der Waals surface area contributed by atoms with Gasteiger partial charge in [0.25, 0.3) is 5.91 Å². The molecular weight excluding hydrogens is 381 g/mol. The van der Waals surface area contributed by atoms with Crippen molar-refractivity contribution in [2.24, 2.45) is 11.8 Å². The second kappa shape index (κ2) is 7.31. The maximum Gasteiger partial charge on any atom is 0.307 e. The molecule has 26 heavy (non-hydrogen) atoms. The first-order valence-electron chi connectivity index (χ1n) is 7.62. The predicted molar refractivity (Wildman–Crippen MR) is 96.5 cm³/mol. The highest BCUT2D eigenvalue weighted by Crippen LogP contribution is 2.39. The summed E-state index contributed by atoms with van der Waals surface area (Å²) in [6.45, 7) is 0.